The first-order chi connectivity index (χ1) is 12.0. The van der Waals surface area contributed by atoms with Crippen molar-refractivity contribution < 1.29 is 0 Å². The zero-order valence-electron chi connectivity index (χ0n) is 15.4. The van der Waals surface area contributed by atoms with Crippen LogP contribution in [0.25, 0.3) is 0 Å². The number of guanidine groups is 1. The number of hydrogen-bond acceptors (Lipinski definition) is 2. The Kier molecular flexibility index (Phi) is 5.39. The number of nitrogens with one attached hydrogen (secondary N) is 1. The van der Waals surface area contributed by atoms with Gasteiger partial charge < -0.3 is 11.1 Å². The summed E-state index contributed by atoms with van der Waals surface area (Å²) in [5.74, 6) is 0.479. The smallest absolute Gasteiger partial charge is 0.193 e. The molecule has 1 unspecified atom stereocenters. The van der Waals surface area contributed by atoms with Gasteiger partial charge in [-0.15, -0.1) is 0 Å². The molecule has 0 fully saturated rings. The number of aryl methyl sites for hydroxylation is 2. The maximum Gasteiger partial charge on any atom is 0.193 e. The normalized spacial score (nSPS) is 16.4. The van der Waals surface area contributed by atoms with E-state index in [1.165, 1.54) is 22.3 Å². The van der Waals surface area contributed by atoms with Gasteiger partial charge in [0.2, 0.25) is 0 Å². The van der Waals surface area contributed by atoms with E-state index in [0.29, 0.717) is 18.5 Å². The van der Waals surface area contributed by atoms with Gasteiger partial charge >= 0.3 is 0 Å². The quantitative estimate of drug-likeness (QED) is 0.664. The highest BCUT2D eigenvalue weighted by Crippen LogP contribution is 2.20. The van der Waals surface area contributed by atoms with Crippen molar-refractivity contribution in [3.63, 3.8) is 0 Å². The molecule has 1 heterocycles. The van der Waals surface area contributed by atoms with Gasteiger partial charge in [-0.25, -0.2) is 0 Å². The number of rotatable bonds is 4. The molecule has 2 aromatic carbocycles. The Morgan fingerprint density at radius 2 is 1.92 bits per heavy atom. The second-order valence-corrected chi connectivity index (χ2v) is 6.99. The highest BCUT2D eigenvalue weighted by Gasteiger charge is 2.20. The van der Waals surface area contributed by atoms with Crippen molar-refractivity contribution in [2.45, 2.75) is 39.8 Å². The molecule has 4 nitrogen and oxygen atoms in total. The molecule has 3 N–H and O–H groups in total. The van der Waals surface area contributed by atoms with Crippen LogP contribution >= 0.6 is 0 Å². The lowest BCUT2D eigenvalue weighted by atomic mass is 9.99. The molecule has 0 amide bonds. The van der Waals surface area contributed by atoms with Crippen LogP contribution < -0.4 is 11.1 Å². The topological polar surface area (TPSA) is 53.6 Å². The van der Waals surface area contributed by atoms with Gasteiger partial charge in [-0.05, 0) is 61.6 Å². The highest BCUT2D eigenvalue weighted by atomic mass is 15.2. The molecule has 1 aliphatic rings. The van der Waals surface area contributed by atoms with E-state index < -0.39 is 0 Å². The van der Waals surface area contributed by atoms with Crippen LogP contribution in [-0.2, 0) is 13.0 Å². The summed E-state index contributed by atoms with van der Waals surface area (Å²) in [4.78, 5) is 7.03. The summed E-state index contributed by atoms with van der Waals surface area (Å²) in [6.45, 7) is 9.21. The molecule has 2 aromatic rings. The molecular weight excluding hydrogens is 308 g/mol. The molecule has 1 aliphatic heterocycles. The third kappa shape index (κ3) is 4.40. The van der Waals surface area contributed by atoms with Crippen LogP contribution in [0, 0.1) is 13.8 Å². The predicted octanol–water partition coefficient (Wildman–Crippen LogP) is 3.48. The van der Waals surface area contributed by atoms with Crippen molar-refractivity contribution in [2.24, 2.45) is 10.7 Å². The maximum absolute atomic E-state index is 6.07. The molecule has 25 heavy (non-hydrogen) atoms. The van der Waals surface area contributed by atoms with Crippen LogP contribution in [-0.4, -0.2) is 30.0 Å². The van der Waals surface area contributed by atoms with Gasteiger partial charge in [-0.3, -0.25) is 9.89 Å². The maximum atomic E-state index is 6.07. The molecule has 4 heteroatoms. The van der Waals surface area contributed by atoms with Crippen LogP contribution in [0.5, 0.6) is 0 Å². The van der Waals surface area contributed by atoms with Gasteiger partial charge in [-0.2, -0.15) is 0 Å². The van der Waals surface area contributed by atoms with Crippen molar-refractivity contribution in [1.82, 2.24) is 4.90 Å². The van der Waals surface area contributed by atoms with E-state index >= 15 is 0 Å². The molecule has 3 rings (SSSR count). The number of hydrogen-bond donors (Lipinski definition) is 2. The van der Waals surface area contributed by atoms with Gasteiger partial charge in [0.25, 0.3) is 0 Å². The summed E-state index contributed by atoms with van der Waals surface area (Å²) < 4.78 is 0. The van der Waals surface area contributed by atoms with Crippen molar-refractivity contribution in [3.8, 4) is 0 Å². The highest BCUT2D eigenvalue weighted by molar-refractivity contribution is 5.92. The number of aliphatic imine (C=N–C) groups is 1. The Bertz CT molecular complexity index is 766. The Morgan fingerprint density at radius 3 is 2.68 bits per heavy atom. The minimum Gasteiger partial charge on any atom is -0.370 e. The SMILES string of the molecule is Cc1ccc(NC(N)=NCC(C)N2CCc3ccccc3C2)cc1C. The van der Waals surface area contributed by atoms with Gasteiger partial charge in [-0.1, -0.05) is 30.3 Å². The molecule has 0 saturated carbocycles. The van der Waals surface area contributed by atoms with Gasteiger partial charge in [0.1, 0.15) is 0 Å². The third-order valence-corrected chi connectivity index (χ3v) is 5.09. The zero-order valence-corrected chi connectivity index (χ0v) is 15.4. The summed E-state index contributed by atoms with van der Waals surface area (Å²) in [5, 5.41) is 3.19. The molecular formula is C21H28N4. The number of nitrogens with zero attached hydrogens (tertiary/aromatic N) is 2. The molecule has 0 bridgehead atoms. The van der Waals surface area contributed by atoms with Crippen LogP contribution in [0.3, 0.4) is 0 Å². The lowest BCUT2D eigenvalue weighted by Gasteiger charge is -2.33. The Labute approximate surface area is 150 Å². The van der Waals surface area contributed by atoms with Gasteiger partial charge in [0, 0.05) is 24.8 Å². The van der Waals surface area contributed by atoms with Crippen molar-refractivity contribution in [1.29, 1.82) is 0 Å². The van der Waals surface area contributed by atoms with E-state index in [2.05, 4.69) is 72.4 Å². The van der Waals surface area contributed by atoms with E-state index in [1.807, 2.05) is 6.07 Å². The van der Waals surface area contributed by atoms with E-state index in [-0.39, 0.29) is 0 Å². The minimum absolute atomic E-state index is 0.369. The summed E-state index contributed by atoms with van der Waals surface area (Å²) >= 11 is 0. The first-order valence-corrected chi connectivity index (χ1v) is 8.98. The molecule has 1 atom stereocenters. The van der Waals surface area contributed by atoms with Crippen molar-refractivity contribution in [2.75, 3.05) is 18.4 Å². The van der Waals surface area contributed by atoms with Crippen LogP contribution in [0.4, 0.5) is 5.69 Å². The van der Waals surface area contributed by atoms with Crippen molar-refractivity contribution in [3.05, 3.63) is 64.7 Å². The second kappa shape index (κ2) is 7.70. The fourth-order valence-electron chi connectivity index (χ4n) is 3.25. The van der Waals surface area contributed by atoms with E-state index in [4.69, 9.17) is 5.73 Å². The Hall–Kier alpha value is -2.33. The van der Waals surface area contributed by atoms with Gasteiger partial charge in [0.05, 0.1) is 6.54 Å². The molecule has 0 radical (unpaired) electrons. The Morgan fingerprint density at radius 1 is 1.16 bits per heavy atom. The lowest BCUT2D eigenvalue weighted by molar-refractivity contribution is 0.195. The number of fused-ring (bicyclic) bond motifs is 1. The molecule has 0 saturated heterocycles. The fourth-order valence-corrected chi connectivity index (χ4v) is 3.25. The number of benzene rings is 2. The predicted molar refractivity (Wildman–Crippen MR) is 106 cm³/mol. The minimum atomic E-state index is 0.369. The first kappa shape index (κ1) is 17.5. The van der Waals surface area contributed by atoms with Gasteiger partial charge in [0.15, 0.2) is 5.96 Å². The monoisotopic (exact) mass is 336 g/mol. The van der Waals surface area contributed by atoms with Crippen LogP contribution in [0.15, 0.2) is 47.5 Å². The standard InChI is InChI=1S/C21H28N4/c1-15-8-9-20(12-16(15)2)24-21(22)23-13-17(3)25-11-10-18-6-4-5-7-19(18)14-25/h4-9,12,17H,10-11,13-14H2,1-3H3,(H3,22,23,24). The summed E-state index contributed by atoms with van der Waals surface area (Å²) in [7, 11) is 0. The summed E-state index contributed by atoms with van der Waals surface area (Å²) in [6.07, 6.45) is 1.11. The third-order valence-electron chi connectivity index (χ3n) is 5.09. The molecule has 0 aliphatic carbocycles. The molecule has 0 aromatic heterocycles. The van der Waals surface area contributed by atoms with Crippen LogP contribution in [0.2, 0.25) is 0 Å². The average Bonchev–Trinajstić information content (AvgIpc) is 2.62. The average molecular weight is 336 g/mol. The van der Waals surface area contributed by atoms with E-state index in [1.54, 1.807) is 0 Å². The largest absolute Gasteiger partial charge is 0.370 e. The van der Waals surface area contributed by atoms with Crippen molar-refractivity contribution >= 4 is 11.6 Å². The van der Waals surface area contributed by atoms with E-state index in [0.717, 1.165) is 25.2 Å². The fraction of sp³-hybridized carbons (Fsp3) is 0.381. The molecule has 0 spiro atoms. The summed E-state index contributed by atoms with van der Waals surface area (Å²) in [6, 6.07) is 15.3. The summed E-state index contributed by atoms with van der Waals surface area (Å²) in [5.41, 5.74) is 12.5. The van der Waals surface area contributed by atoms with E-state index in [9.17, 15) is 0 Å². The zero-order chi connectivity index (χ0) is 17.8. The molecule has 132 valence electrons. The number of anilines is 1. The van der Waals surface area contributed by atoms with Crippen LogP contribution in [0.1, 0.15) is 29.2 Å². The Balaban J connectivity index is 1.56. The lowest BCUT2D eigenvalue weighted by Crippen LogP contribution is -2.39. The second-order valence-electron chi connectivity index (χ2n) is 6.99. The first-order valence-electron chi connectivity index (χ1n) is 8.98. The number of nitrogens with two attached hydrogens (primary N) is 1.